The molecule has 1 aromatic carbocycles. The Balaban J connectivity index is 1.52. The number of imidazole rings is 1. The lowest BCUT2D eigenvalue weighted by Gasteiger charge is -2.10. The summed E-state index contributed by atoms with van der Waals surface area (Å²) in [5.74, 6) is 1.08. The predicted octanol–water partition coefficient (Wildman–Crippen LogP) is 6.38. The summed E-state index contributed by atoms with van der Waals surface area (Å²) < 4.78 is 5.09. The zero-order valence-electron chi connectivity index (χ0n) is 17.8. The monoisotopic (exact) mass is 483 g/mol. The van der Waals surface area contributed by atoms with Gasteiger partial charge in [0.25, 0.3) is 0 Å². The molecule has 0 unspecified atom stereocenters. The van der Waals surface area contributed by atoms with E-state index in [2.05, 4.69) is 62.7 Å². The van der Waals surface area contributed by atoms with Crippen LogP contribution >= 0.6 is 15.9 Å². The molecular weight excluding hydrogens is 462 g/mol. The van der Waals surface area contributed by atoms with Crippen LogP contribution < -0.4 is 0 Å². The van der Waals surface area contributed by atoms with Crippen molar-refractivity contribution in [3.63, 3.8) is 0 Å². The first-order chi connectivity index (χ1) is 15.7. The molecule has 0 atom stereocenters. The third-order valence-electron chi connectivity index (χ3n) is 5.81. The van der Waals surface area contributed by atoms with Gasteiger partial charge in [-0.1, -0.05) is 43.7 Å². The topological polar surface area (TPSA) is 58.9 Å². The van der Waals surface area contributed by atoms with E-state index in [0.29, 0.717) is 5.69 Å². The summed E-state index contributed by atoms with van der Waals surface area (Å²) in [6, 6.07) is 20.7. The summed E-state index contributed by atoms with van der Waals surface area (Å²) in [4.78, 5) is 9.41. The molecule has 0 radical (unpaired) electrons. The largest absolute Gasteiger partial charge is 0.308 e. The first-order valence-corrected chi connectivity index (χ1v) is 11.6. The normalized spacial score (nSPS) is 11.3. The van der Waals surface area contributed by atoms with Crippen molar-refractivity contribution in [3.8, 4) is 17.2 Å². The van der Waals surface area contributed by atoms with Crippen LogP contribution in [-0.2, 0) is 13.0 Å². The number of nitriles is 1. The van der Waals surface area contributed by atoms with Crippen molar-refractivity contribution >= 4 is 32.6 Å². The van der Waals surface area contributed by atoms with E-state index in [9.17, 15) is 5.26 Å². The van der Waals surface area contributed by atoms with Crippen LogP contribution in [-0.4, -0.2) is 18.9 Å². The highest BCUT2D eigenvalue weighted by atomic mass is 79.9. The number of unbranched alkanes of at least 4 members (excludes halogenated alkanes) is 1. The number of fused-ring (bicyclic) bond motifs is 2. The third-order valence-corrected chi connectivity index (χ3v) is 6.61. The van der Waals surface area contributed by atoms with Crippen LogP contribution in [0.2, 0.25) is 0 Å². The highest BCUT2D eigenvalue weighted by Crippen LogP contribution is 2.37. The van der Waals surface area contributed by atoms with Crippen molar-refractivity contribution in [2.45, 2.75) is 32.7 Å². The fourth-order valence-corrected chi connectivity index (χ4v) is 4.94. The second-order valence-electron chi connectivity index (χ2n) is 7.87. The number of hydrogen-bond donors (Lipinski definition) is 0. The fourth-order valence-electron chi connectivity index (χ4n) is 4.20. The molecule has 4 heterocycles. The third kappa shape index (κ3) is 3.49. The fraction of sp³-hybridized carbons (Fsp3) is 0.192. The Morgan fingerprint density at radius 3 is 2.69 bits per heavy atom. The van der Waals surface area contributed by atoms with Crippen LogP contribution in [0.4, 0.5) is 0 Å². The van der Waals surface area contributed by atoms with E-state index in [4.69, 9.17) is 4.98 Å². The number of aromatic nitrogens is 4. The zero-order chi connectivity index (χ0) is 22.1. The minimum atomic E-state index is 0.631. The van der Waals surface area contributed by atoms with Gasteiger partial charge in [0, 0.05) is 24.4 Å². The molecule has 0 N–H and O–H groups in total. The number of aryl methyl sites for hydroxylation is 1. The van der Waals surface area contributed by atoms with Crippen LogP contribution in [0.5, 0.6) is 0 Å². The van der Waals surface area contributed by atoms with Crippen molar-refractivity contribution in [2.75, 3.05) is 0 Å². The second kappa shape index (κ2) is 8.60. The molecule has 0 bridgehead atoms. The summed E-state index contributed by atoms with van der Waals surface area (Å²) in [5, 5.41) is 9.81. The molecule has 0 aliphatic rings. The average Bonchev–Trinajstić information content (AvgIpc) is 3.33. The van der Waals surface area contributed by atoms with Crippen molar-refractivity contribution in [1.82, 2.24) is 18.9 Å². The van der Waals surface area contributed by atoms with Gasteiger partial charge in [-0.05, 0) is 57.7 Å². The molecule has 5 aromatic rings. The minimum Gasteiger partial charge on any atom is -0.308 e. The van der Waals surface area contributed by atoms with Gasteiger partial charge in [-0.3, -0.25) is 0 Å². The highest BCUT2D eigenvalue weighted by Gasteiger charge is 2.18. The molecule has 5 rings (SSSR count). The summed E-state index contributed by atoms with van der Waals surface area (Å²) in [5.41, 5.74) is 6.60. The van der Waals surface area contributed by atoms with Crippen molar-refractivity contribution in [1.29, 1.82) is 5.26 Å². The van der Waals surface area contributed by atoms with Gasteiger partial charge in [0.1, 0.15) is 23.1 Å². The molecule has 6 heteroatoms. The van der Waals surface area contributed by atoms with Crippen LogP contribution in [0.15, 0.2) is 71.5 Å². The molecular formula is C26H22BrN5. The maximum absolute atomic E-state index is 9.81. The van der Waals surface area contributed by atoms with Gasteiger partial charge in [-0.25, -0.2) is 9.97 Å². The first kappa shape index (κ1) is 20.5. The van der Waals surface area contributed by atoms with E-state index < -0.39 is 0 Å². The lowest BCUT2D eigenvalue weighted by molar-refractivity contribution is 0.686. The Kier molecular flexibility index (Phi) is 5.50. The molecule has 0 amide bonds. The van der Waals surface area contributed by atoms with Gasteiger partial charge in [0.15, 0.2) is 5.65 Å². The molecule has 0 fully saturated rings. The van der Waals surface area contributed by atoms with E-state index in [1.165, 1.54) is 5.56 Å². The Bertz CT molecular complexity index is 1450. The lowest BCUT2D eigenvalue weighted by atomic mass is 10.0. The average molecular weight is 484 g/mol. The number of nitrogens with zero attached hydrogens (tertiary/aromatic N) is 5. The maximum Gasteiger partial charge on any atom is 0.160 e. The minimum absolute atomic E-state index is 0.631. The van der Waals surface area contributed by atoms with Crippen LogP contribution in [0.3, 0.4) is 0 Å². The Labute approximate surface area is 195 Å². The summed E-state index contributed by atoms with van der Waals surface area (Å²) in [6.07, 6.45) is 6.93. The van der Waals surface area contributed by atoms with Crippen LogP contribution in [0, 0.1) is 11.3 Å². The standard InChI is InChI=1S/C26H22BrN5/c1-2-3-9-23-30-20-7-6-14-29-26(20)32(23)17-18-10-12-19(13-11-18)24-22(16-28)31-15-5-4-8-21(31)25(24)27/h4-8,10-15H,2-3,9,17H2,1H3. The van der Waals surface area contributed by atoms with Crippen LogP contribution in [0.25, 0.3) is 27.8 Å². The van der Waals surface area contributed by atoms with E-state index in [0.717, 1.165) is 63.9 Å². The first-order valence-electron chi connectivity index (χ1n) is 10.8. The Hall–Kier alpha value is -3.43. The lowest BCUT2D eigenvalue weighted by Crippen LogP contribution is -2.06. The number of pyridine rings is 2. The summed E-state index contributed by atoms with van der Waals surface area (Å²) >= 11 is 3.72. The molecule has 32 heavy (non-hydrogen) atoms. The smallest absolute Gasteiger partial charge is 0.160 e. The van der Waals surface area contributed by atoms with Gasteiger partial charge < -0.3 is 8.97 Å². The SMILES string of the molecule is CCCCc1nc2cccnc2n1Cc1ccc(-c2c(Br)c3ccccn3c2C#N)cc1. The molecule has 158 valence electrons. The van der Waals surface area contributed by atoms with Gasteiger partial charge in [-0.15, -0.1) is 0 Å². The van der Waals surface area contributed by atoms with Gasteiger partial charge >= 0.3 is 0 Å². The van der Waals surface area contributed by atoms with E-state index in [1.54, 1.807) is 0 Å². The highest BCUT2D eigenvalue weighted by molar-refractivity contribution is 9.10. The number of hydrogen-bond acceptors (Lipinski definition) is 3. The molecule has 0 saturated carbocycles. The summed E-state index contributed by atoms with van der Waals surface area (Å²) in [7, 11) is 0. The number of halogens is 1. The van der Waals surface area contributed by atoms with Crippen molar-refractivity contribution < 1.29 is 0 Å². The predicted molar refractivity (Wildman–Crippen MR) is 130 cm³/mol. The molecule has 4 aromatic heterocycles. The zero-order valence-corrected chi connectivity index (χ0v) is 19.4. The van der Waals surface area contributed by atoms with Crippen LogP contribution in [0.1, 0.15) is 36.8 Å². The molecule has 0 spiro atoms. The molecule has 0 aliphatic heterocycles. The second-order valence-corrected chi connectivity index (χ2v) is 8.66. The quantitative estimate of drug-likeness (QED) is 0.281. The molecule has 5 nitrogen and oxygen atoms in total. The Morgan fingerprint density at radius 2 is 1.91 bits per heavy atom. The van der Waals surface area contributed by atoms with Crippen molar-refractivity contribution in [2.24, 2.45) is 0 Å². The van der Waals surface area contributed by atoms with E-state index in [1.807, 2.05) is 47.1 Å². The Morgan fingerprint density at radius 1 is 1.06 bits per heavy atom. The molecule has 0 aliphatic carbocycles. The maximum atomic E-state index is 9.81. The van der Waals surface area contributed by atoms with Gasteiger partial charge in [0.05, 0.1) is 16.5 Å². The van der Waals surface area contributed by atoms with Gasteiger partial charge in [-0.2, -0.15) is 5.26 Å². The van der Waals surface area contributed by atoms with E-state index >= 15 is 0 Å². The number of benzene rings is 1. The summed E-state index contributed by atoms with van der Waals surface area (Å²) in [6.45, 7) is 2.92. The van der Waals surface area contributed by atoms with E-state index in [-0.39, 0.29) is 0 Å². The number of rotatable bonds is 6. The van der Waals surface area contributed by atoms with Crippen molar-refractivity contribution in [3.05, 3.63) is 88.5 Å². The molecule has 0 saturated heterocycles. The van der Waals surface area contributed by atoms with Gasteiger partial charge in [0.2, 0.25) is 0 Å².